The minimum Gasteiger partial charge on any atom is -0.423 e. The first-order valence-electron chi connectivity index (χ1n) is 9.36. The maximum atomic E-state index is 12.4. The van der Waals surface area contributed by atoms with Crippen LogP contribution in [-0.4, -0.2) is 13.3 Å². The predicted octanol–water partition coefficient (Wildman–Crippen LogP) is 4.08. The zero-order valence-corrected chi connectivity index (χ0v) is 17.2. The molecule has 162 valence electrons. The van der Waals surface area contributed by atoms with Crippen molar-refractivity contribution in [3.8, 4) is 5.75 Å². The summed E-state index contributed by atoms with van der Waals surface area (Å²) in [5.41, 5.74) is 0.556. The number of nitro groups is 1. The van der Waals surface area contributed by atoms with Gasteiger partial charge in [-0.05, 0) is 35.9 Å². The Balaban J connectivity index is 1.53. The molecule has 0 saturated heterocycles. The molecule has 0 spiro atoms. The van der Waals surface area contributed by atoms with Crippen molar-refractivity contribution in [1.29, 1.82) is 0 Å². The van der Waals surface area contributed by atoms with E-state index in [0.717, 1.165) is 5.56 Å². The Kier molecular flexibility index (Phi) is 5.61. The molecule has 0 radical (unpaired) electrons. The number of nitrogens with zero attached hydrogens (tertiary/aromatic N) is 1. The third-order valence-corrected chi connectivity index (χ3v) is 5.84. The number of rotatable bonds is 7. The molecule has 1 aromatic heterocycles. The Morgan fingerprint density at radius 3 is 2.38 bits per heavy atom. The van der Waals surface area contributed by atoms with Crippen molar-refractivity contribution in [2.45, 2.75) is 11.4 Å². The van der Waals surface area contributed by atoms with Gasteiger partial charge in [0.2, 0.25) is 0 Å². The fourth-order valence-corrected chi connectivity index (χ4v) is 3.96. The zero-order chi connectivity index (χ0) is 22.7. The molecule has 0 aliphatic carbocycles. The number of hydrogen-bond acceptors (Lipinski definition) is 8. The SMILES string of the molecule is O=c1cc(NCc2ccc(S(=O)(=O)Oc3ccccc3)cc2)c2cc([N+](=O)[O-])ccc2o1. The van der Waals surface area contributed by atoms with Crippen LogP contribution in [0.1, 0.15) is 5.56 Å². The average molecular weight is 452 g/mol. The highest BCUT2D eigenvalue weighted by molar-refractivity contribution is 7.87. The molecule has 0 atom stereocenters. The van der Waals surface area contributed by atoms with E-state index in [1.165, 1.54) is 36.4 Å². The molecular weight excluding hydrogens is 436 g/mol. The molecule has 0 fully saturated rings. The van der Waals surface area contributed by atoms with Gasteiger partial charge in [-0.1, -0.05) is 30.3 Å². The van der Waals surface area contributed by atoms with Crippen molar-refractivity contribution in [2.24, 2.45) is 0 Å². The Morgan fingerprint density at radius 1 is 0.969 bits per heavy atom. The predicted molar refractivity (Wildman–Crippen MR) is 117 cm³/mol. The summed E-state index contributed by atoms with van der Waals surface area (Å²) in [6.45, 7) is 0.237. The molecule has 4 rings (SSSR count). The standard InChI is InChI=1S/C22H16N2O7S/c25-22-13-20(19-12-16(24(26)27)8-11-21(19)30-22)23-14-15-6-9-18(10-7-15)32(28,29)31-17-4-2-1-3-5-17/h1-13,23H,14H2. The number of anilines is 1. The second-order valence-corrected chi connectivity index (χ2v) is 8.31. The summed E-state index contributed by atoms with van der Waals surface area (Å²) in [6.07, 6.45) is 0. The van der Waals surface area contributed by atoms with Crippen molar-refractivity contribution in [2.75, 3.05) is 5.32 Å². The second-order valence-electron chi connectivity index (χ2n) is 6.76. The van der Waals surface area contributed by atoms with Gasteiger partial charge in [0.1, 0.15) is 16.2 Å². The number of nitro benzene ring substituents is 1. The van der Waals surface area contributed by atoms with Crippen molar-refractivity contribution in [3.05, 3.63) is 105 Å². The van der Waals surface area contributed by atoms with Crippen molar-refractivity contribution >= 4 is 32.5 Å². The van der Waals surface area contributed by atoms with E-state index >= 15 is 0 Å². The van der Waals surface area contributed by atoms with Crippen LogP contribution in [0.3, 0.4) is 0 Å². The van der Waals surface area contributed by atoms with Crippen LogP contribution in [0.4, 0.5) is 11.4 Å². The summed E-state index contributed by atoms with van der Waals surface area (Å²) in [6, 6.07) is 19.4. The van der Waals surface area contributed by atoms with Gasteiger partial charge in [0.05, 0.1) is 10.6 Å². The maximum Gasteiger partial charge on any atom is 0.339 e. The third-order valence-electron chi connectivity index (χ3n) is 4.58. The molecule has 32 heavy (non-hydrogen) atoms. The van der Waals surface area contributed by atoms with Crippen LogP contribution in [0.2, 0.25) is 0 Å². The Labute approximate surface area is 182 Å². The van der Waals surface area contributed by atoms with E-state index < -0.39 is 20.7 Å². The van der Waals surface area contributed by atoms with Crippen LogP contribution in [0.15, 0.2) is 93.0 Å². The van der Waals surface area contributed by atoms with Gasteiger partial charge in [-0.2, -0.15) is 8.42 Å². The minimum absolute atomic E-state index is 0.00784. The van der Waals surface area contributed by atoms with Gasteiger partial charge in [0, 0.05) is 30.1 Å². The molecular formula is C22H16N2O7S. The summed E-state index contributed by atoms with van der Waals surface area (Å²) in [7, 11) is -3.98. The van der Waals surface area contributed by atoms with Gasteiger partial charge < -0.3 is 13.9 Å². The molecule has 0 amide bonds. The van der Waals surface area contributed by atoms with E-state index in [-0.39, 0.29) is 28.5 Å². The first-order valence-corrected chi connectivity index (χ1v) is 10.8. The molecule has 9 nitrogen and oxygen atoms in total. The normalized spacial score (nSPS) is 11.2. The number of para-hydroxylation sites is 1. The number of non-ortho nitro benzene ring substituents is 1. The van der Waals surface area contributed by atoms with E-state index in [1.54, 1.807) is 42.5 Å². The second kappa shape index (κ2) is 8.52. The number of hydrogen-bond donors (Lipinski definition) is 1. The number of benzene rings is 3. The lowest BCUT2D eigenvalue weighted by Crippen LogP contribution is -2.10. The van der Waals surface area contributed by atoms with Gasteiger partial charge in [0.25, 0.3) is 5.69 Å². The fraction of sp³-hybridized carbons (Fsp3) is 0.0455. The first-order chi connectivity index (χ1) is 15.3. The van der Waals surface area contributed by atoms with Gasteiger partial charge >= 0.3 is 15.7 Å². The molecule has 3 aromatic carbocycles. The average Bonchev–Trinajstić information content (AvgIpc) is 2.77. The lowest BCUT2D eigenvalue weighted by molar-refractivity contribution is -0.384. The Morgan fingerprint density at radius 2 is 1.69 bits per heavy atom. The monoisotopic (exact) mass is 452 g/mol. The van der Waals surface area contributed by atoms with Gasteiger partial charge in [-0.15, -0.1) is 0 Å². The first kappa shape index (κ1) is 21.1. The van der Waals surface area contributed by atoms with E-state index in [9.17, 15) is 23.3 Å². The van der Waals surface area contributed by atoms with Crippen LogP contribution in [0.5, 0.6) is 5.75 Å². The van der Waals surface area contributed by atoms with E-state index in [1.807, 2.05) is 0 Å². The largest absolute Gasteiger partial charge is 0.423 e. The number of fused-ring (bicyclic) bond motifs is 1. The zero-order valence-electron chi connectivity index (χ0n) is 16.4. The summed E-state index contributed by atoms with van der Waals surface area (Å²) in [5.74, 6) is 0.210. The molecule has 4 aromatic rings. The highest BCUT2D eigenvalue weighted by Crippen LogP contribution is 2.26. The van der Waals surface area contributed by atoms with Crippen LogP contribution in [0.25, 0.3) is 11.0 Å². The molecule has 0 saturated carbocycles. The van der Waals surface area contributed by atoms with Crippen molar-refractivity contribution < 1.29 is 21.9 Å². The van der Waals surface area contributed by atoms with Crippen LogP contribution in [-0.2, 0) is 16.7 Å². The van der Waals surface area contributed by atoms with Crippen LogP contribution in [0, 0.1) is 10.1 Å². The molecule has 0 aliphatic heterocycles. The quantitative estimate of drug-likeness (QED) is 0.192. The summed E-state index contributed by atoms with van der Waals surface area (Å²) in [5, 5.41) is 14.5. The smallest absolute Gasteiger partial charge is 0.339 e. The highest BCUT2D eigenvalue weighted by Gasteiger charge is 2.16. The maximum absolute atomic E-state index is 12.4. The van der Waals surface area contributed by atoms with E-state index in [4.69, 9.17) is 8.60 Å². The fourth-order valence-electron chi connectivity index (χ4n) is 3.03. The summed E-state index contributed by atoms with van der Waals surface area (Å²) < 4.78 is 35.0. The highest BCUT2D eigenvalue weighted by atomic mass is 32.2. The third kappa shape index (κ3) is 4.60. The van der Waals surface area contributed by atoms with Gasteiger partial charge in [-0.3, -0.25) is 10.1 Å². The molecule has 10 heteroatoms. The molecule has 1 heterocycles. The minimum atomic E-state index is -3.98. The van der Waals surface area contributed by atoms with E-state index in [0.29, 0.717) is 11.1 Å². The molecule has 1 N–H and O–H groups in total. The Hall–Kier alpha value is -4.18. The summed E-state index contributed by atoms with van der Waals surface area (Å²) in [4.78, 5) is 22.3. The number of nitrogens with one attached hydrogen (secondary N) is 1. The lowest BCUT2D eigenvalue weighted by atomic mass is 10.1. The topological polar surface area (TPSA) is 129 Å². The molecule has 0 bridgehead atoms. The van der Waals surface area contributed by atoms with E-state index in [2.05, 4.69) is 5.32 Å². The molecule has 0 unspecified atom stereocenters. The summed E-state index contributed by atoms with van der Waals surface area (Å²) >= 11 is 0. The van der Waals surface area contributed by atoms with Crippen LogP contribution >= 0.6 is 0 Å². The molecule has 0 aliphatic rings. The van der Waals surface area contributed by atoms with Crippen LogP contribution < -0.4 is 15.1 Å². The lowest BCUT2D eigenvalue weighted by Gasteiger charge is -2.10. The van der Waals surface area contributed by atoms with Gasteiger partial charge in [-0.25, -0.2) is 4.79 Å². The Bertz CT molecular complexity index is 1450. The van der Waals surface area contributed by atoms with Crippen molar-refractivity contribution in [1.82, 2.24) is 0 Å². The van der Waals surface area contributed by atoms with Gasteiger partial charge in [0.15, 0.2) is 0 Å². The van der Waals surface area contributed by atoms with Crippen molar-refractivity contribution in [3.63, 3.8) is 0 Å².